The van der Waals surface area contributed by atoms with Crippen molar-refractivity contribution in [3.8, 4) is 11.1 Å². The molecular formula is C25H25NO4. The summed E-state index contributed by atoms with van der Waals surface area (Å²) < 4.78 is 11.1. The number of aliphatic hydroxyl groups excluding tert-OH is 1. The van der Waals surface area contributed by atoms with Crippen LogP contribution in [0.3, 0.4) is 0 Å². The van der Waals surface area contributed by atoms with Crippen LogP contribution >= 0.6 is 0 Å². The minimum absolute atomic E-state index is 0.0410. The Labute approximate surface area is 175 Å². The van der Waals surface area contributed by atoms with Crippen molar-refractivity contribution >= 4 is 6.09 Å². The number of hydrogen-bond acceptors (Lipinski definition) is 4. The summed E-state index contributed by atoms with van der Waals surface area (Å²) in [6, 6.07) is 20.1. The van der Waals surface area contributed by atoms with E-state index in [-0.39, 0.29) is 18.1 Å². The van der Waals surface area contributed by atoms with Gasteiger partial charge >= 0.3 is 6.09 Å². The van der Waals surface area contributed by atoms with Crippen LogP contribution in [0, 0.1) is 0 Å². The van der Waals surface area contributed by atoms with Crippen LogP contribution in [0.25, 0.3) is 11.1 Å². The Kier molecular flexibility index (Phi) is 5.05. The largest absolute Gasteiger partial charge is 0.467 e. The minimum Gasteiger partial charge on any atom is -0.467 e. The van der Waals surface area contributed by atoms with Crippen LogP contribution in [-0.4, -0.2) is 35.3 Å². The van der Waals surface area contributed by atoms with Gasteiger partial charge in [-0.15, -0.1) is 0 Å². The lowest BCUT2D eigenvalue weighted by molar-refractivity contribution is 0.0733. The predicted molar refractivity (Wildman–Crippen MR) is 113 cm³/mol. The molecule has 2 atom stereocenters. The van der Waals surface area contributed by atoms with Crippen LogP contribution in [0.5, 0.6) is 0 Å². The number of carbonyl (C=O) groups excluding carboxylic acids is 1. The molecule has 5 rings (SSSR count). The Morgan fingerprint density at radius 1 is 1.07 bits per heavy atom. The molecule has 0 bridgehead atoms. The molecule has 0 radical (unpaired) electrons. The normalized spacial score (nSPS) is 18.8. The van der Waals surface area contributed by atoms with Gasteiger partial charge in [0.1, 0.15) is 18.5 Å². The quantitative estimate of drug-likeness (QED) is 0.642. The number of nitrogens with zero attached hydrogens (tertiary/aromatic N) is 1. The summed E-state index contributed by atoms with van der Waals surface area (Å²) in [5, 5.41) is 10.4. The van der Waals surface area contributed by atoms with Crippen molar-refractivity contribution in [1.29, 1.82) is 0 Å². The number of hydrogen-bond donors (Lipinski definition) is 1. The number of furan rings is 1. The highest BCUT2D eigenvalue weighted by molar-refractivity contribution is 5.79. The van der Waals surface area contributed by atoms with Crippen molar-refractivity contribution in [2.45, 2.75) is 37.3 Å². The van der Waals surface area contributed by atoms with Gasteiger partial charge in [0, 0.05) is 24.9 Å². The SMILES string of the molecule is O=C(OCC1c2ccccc2-c2ccccc21)N1CCCC1CC(O)c1ccco1. The number of fused-ring (bicyclic) bond motifs is 3. The second-order valence-electron chi connectivity index (χ2n) is 8.06. The Hall–Kier alpha value is -3.05. The molecule has 2 unspecified atom stereocenters. The topological polar surface area (TPSA) is 62.9 Å². The molecule has 1 aliphatic carbocycles. The van der Waals surface area contributed by atoms with Gasteiger partial charge < -0.3 is 19.2 Å². The Balaban J connectivity index is 1.27. The van der Waals surface area contributed by atoms with Gasteiger partial charge in [-0.2, -0.15) is 0 Å². The number of aliphatic hydroxyl groups is 1. The first-order chi connectivity index (χ1) is 14.7. The second kappa shape index (κ2) is 8.00. The van der Waals surface area contributed by atoms with Crippen LogP contribution < -0.4 is 0 Å². The molecule has 1 aliphatic heterocycles. The van der Waals surface area contributed by atoms with E-state index in [1.54, 1.807) is 23.3 Å². The summed E-state index contributed by atoms with van der Waals surface area (Å²) >= 11 is 0. The summed E-state index contributed by atoms with van der Waals surface area (Å²) in [5.41, 5.74) is 4.85. The number of carbonyl (C=O) groups is 1. The van der Waals surface area contributed by atoms with Crippen LogP contribution in [0.1, 0.15) is 48.2 Å². The summed E-state index contributed by atoms with van der Waals surface area (Å²) in [5.74, 6) is 0.588. The van der Waals surface area contributed by atoms with E-state index < -0.39 is 6.10 Å². The first-order valence-electron chi connectivity index (χ1n) is 10.6. The first kappa shape index (κ1) is 18.9. The molecule has 1 N–H and O–H groups in total. The van der Waals surface area contributed by atoms with Gasteiger partial charge in [0.2, 0.25) is 0 Å². The summed E-state index contributed by atoms with van der Waals surface area (Å²) in [6.45, 7) is 0.975. The first-order valence-corrected chi connectivity index (χ1v) is 10.6. The van der Waals surface area contributed by atoms with E-state index >= 15 is 0 Å². The van der Waals surface area contributed by atoms with Crippen molar-refractivity contribution in [2.75, 3.05) is 13.2 Å². The zero-order chi connectivity index (χ0) is 20.5. The lowest BCUT2D eigenvalue weighted by Crippen LogP contribution is -2.37. The monoisotopic (exact) mass is 403 g/mol. The van der Waals surface area contributed by atoms with Crippen molar-refractivity contribution in [2.24, 2.45) is 0 Å². The molecule has 5 nitrogen and oxygen atoms in total. The molecule has 2 aliphatic rings. The van der Waals surface area contributed by atoms with E-state index in [1.165, 1.54) is 22.3 Å². The molecule has 1 amide bonds. The third-order valence-corrected chi connectivity index (χ3v) is 6.31. The van der Waals surface area contributed by atoms with E-state index in [0.29, 0.717) is 25.3 Å². The molecule has 3 aromatic rings. The Morgan fingerprint density at radius 3 is 2.43 bits per heavy atom. The van der Waals surface area contributed by atoms with E-state index in [9.17, 15) is 9.90 Å². The standard InChI is InChI=1S/C25H25NO4/c27-23(24-12-6-14-29-24)15-17-7-5-13-26(17)25(28)30-16-22-20-10-3-1-8-18(20)19-9-2-4-11-21(19)22/h1-4,6,8-12,14,17,22-23,27H,5,7,13,15-16H2. The van der Waals surface area contributed by atoms with Crippen molar-refractivity contribution in [1.82, 2.24) is 4.90 Å². The smallest absolute Gasteiger partial charge is 0.410 e. The minimum atomic E-state index is -0.716. The van der Waals surface area contributed by atoms with Gasteiger partial charge in [-0.3, -0.25) is 0 Å². The molecule has 1 aromatic heterocycles. The fraction of sp³-hybridized carbons (Fsp3) is 0.320. The highest BCUT2D eigenvalue weighted by Crippen LogP contribution is 2.44. The lowest BCUT2D eigenvalue weighted by Gasteiger charge is -2.26. The van der Waals surface area contributed by atoms with E-state index in [2.05, 4.69) is 24.3 Å². The van der Waals surface area contributed by atoms with Gasteiger partial charge in [0.15, 0.2) is 0 Å². The third kappa shape index (κ3) is 3.39. The third-order valence-electron chi connectivity index (χ3n) is 6.31. The van der Waals surface area contributed by atoms with Gasteiger partial charge in [0.25, 0.3) is 0 Å². The van der Waals surface area contributed by atoms with Gasteiger partial charge in [-0.05, 0) is 47.2 Å². The number of amides is 1. The number of rotatable bonds is 5. The highest BCUT2D eigenvalue weighted by Gasteiger charge is 2.34. The highest BCUT2D eigenvalue weighted by atomic mass is 16.6. The van der Waals surface area contributed by atoms with Crippen LogP contribution in [0.4, 0.5) is 4.79 Å². The maximum absolute atomic E-state index is 12.9. The summed E-state index contributed by atoms with van der Waals surface area (Å²) in [7, 11) is 0. The zero-order valence-corrected chi connectivity index (χ0v) is 16.7. The molecule has 2 aromatic carbocycles. The zero-order valence-electron chi connectivity index (χ0n) is 16.7. The van der Waals surface area contributed by atoms with Crippen LogP contribution in [0.15, 0.2) is 71.3 Å². The Bertz CT molecular complexity index is 984. The maximum Gasteiger partial charge on any atom is 0.410 e. The number of likely N-dealkylation sites (tertiary alicyclic amines) is 1. The number of ether oxygens (including phenoxy) is 1. The van der Waals surface area contributed by atoms with Gasteiger partial charge in [-0.25, -0.2) is 4.79 Å². The van der Waals surface area contributed by atoms with Crippen LogP contribution in [-0.2, 0) is 4.74 Å². The summed E-state index contributed by atoms with van der Waals surface area (Å²) in [6.07, 6.45) is 2.77. The lowest BCUT2D eigenvalue weighted by atomic mass is 9.98. The molecule has 0 saturated carbocycles. The molecule has 0 spiro atoms. The van der Waals surface area contributed by atoms with E-state index in [0.717, 1.165) is 12.8 Å². The molecule has 1 saturated heterocycles. The van der Waals surface area contributed by atoms with Crippen molar-refractivity contribution in [3.63, 3.8) is 0 Å². The molecular weight excluding hydrogens is 378 g/mol. The molecule has 154 valence electrons. The van der Waals surface area contributed by atoms with Gasteiger partial charge in [-0.1, -0.05) is 48.5 Å². The van der Waals surface area contributed by atoms with E-state index in [4.69, 9.17) is 9.15 Å². The average Bonchev–Trinajstić information content (AvgIpc) is 3.51. The maximum atomic E-state index is 12.9. The summed E-state index contributed by atoms with van der Waals surface area (Å²) in [4.78, 5) is 14.7. The van der Waals surface area contributed by atoms with E-state index in [1.807, 2.05) is 24.3 Å². The fourth-order valence-corrected chi connectivity index (χ4v) is 4.85. The average molecular weight is 403 g/mol. The molecule has 30 heavy (non-hydrogen) atoms. The second-order valence-corrected chi connectivity index (χ2v) is 8.06. The Morgan fingerprint density at radius 2 is 1.77 bits per heavy atom. The molecule has 2 heterocycles. The van der Waals surface area contributed by atoms with Gasteiger partial charge in [0.05, 0.1) is 6.26 Å². The molecule has 5 heteroatoms. The molecule has 1 fully saturated rings. The predicted octanol–water partition coefficient (Wildman–Crippen LogP) is 5.12. The fourth-order valence-electron chi connectivity index (χ4n) is 4.85. The number of benzene rings is 2. The van der Waals surface area contributed by atoms with Crippen LogP contribution in [0.2, 0.25) is 0 Å². The van der Waals surface area contributed by atoms with Crippen molar-refractivity contribution < 1.29 is 19.1 Å². The van der Waals surface area contributed by atoms with Crippen molar-refractivity contribution in [3.05, 3.63) is 83.8 Å².